The van der Waals surface area contributed by atoms with Crippen molar-refractivity contribution in [1.29, 1.82) is 0 Å². The summed E-state index contributed by atoms with van der Waals surface area (Å²) in [6, 6.07) is 0. The maximum absolute atomic E-state index is 9.71. The van der Waals surface area contributed by atoms with Crippen molar-refractivity contribution in [3.63, 3.8) is 0 Å². The lowest BCUT2D eigenvalue weighted by Gasteiger charge is -1.77. The predicted octanol–water partition coefficient (Wildman–Crippen LogP) is 1.71. The molecule has 0 heterocycles. The molecule has 0 saturated heterocycles. The fourth-order valence-electron chi connectivity index (χ4n) is 0.357. The van der Waals surface area contributed by atoms with Crippen LogP contribution in [0.5, 0.6) is 0 Å². The topological polar surface area (TPSA) is 17.1 Å². The molecule has 0 aliphatic heterocycles. The summed E-state index contributed by atoms with van der Waals surface area (Å²) in [6.07, 6.45) is 7.81. The monoisotopic (exact) mass is 110 g/mol. The van der Waals surface area contributed by atoms with Gasteiger partial charge in [-0.15, -0.1) is 0 Å². The Bertz CT molecular complexity index is 92.6. The molecular formula is C7H10O. The second-order valence-electron chi connectivity index (χ2n) is 1.41. The largest absolute Gasteiger partial charge is 0.303 e. The Morgan fingerprint density at radius 2 is 2.12 bits per heavy atom. The van der Waals surface area contributed by atoms with Crippen LogP contribution in [-0.4, -0.2) is 6.29 Å². The first-order valence-corrected chi connectivity index (χ1v) is 2.63. The van der Waals surface area contributed by atoms with E-state index in [2.05, 4.69) is 6.58 Å². The smallest absolute Gasteiger partial charge is 0.120 e. The van der Waals surface area contributed by atoms with Crippen LogP contribution in [0.2, 0.25) is 0 Å². The Morgan fingerprint density at radius 3 is 2.62 bits per heavy atom. The molecule has 8 heavy (non-hydrogen) atoms. The van der Waals surface area contributed by atoms with Gasteiger partial charge in [0.15, 0.2) is 0 Å². The summed E-state index contributed by atoms with van der Waals surface area (Å²) in [7, 11) is 0. The van der Waals surface area contributed by atoms with Crippen molar-refractivity contribution < 1.29 is 4.79 Å². The van der Waals surface area contributed by atoms with E-state index in [1.54, 1.807) is 6.08 Å². The highest BCUT2D eigenvalue weighted by atomic mass is 16.1. The fraction of sp³-hybridized carbons (Fsp3) is 0.286. The fourth-order valence-corrected chi connectivity index (χ4v) is 0.357. The van der Waals surface area contributed by atoms with E-state index in [-0.39, 0.29) is 0 Å². The van der Waals surface area contributed by atoms with Crippen LogP contribution in [0.4, 0.5) is 0 Å². The molecule has 0 aromatic carbocycles. The summed E-state index contributed by atoms with van der Waals surface area (Å²) in [5, 5.41) is 0. The van der Waals surface area contributed by atoms with Crippen LogP contribution in [0.25, 0.3) is 0 Å². The van der Waals surface area contributed by atoms with E-state index < -0.39 is 0 Å². The van der Waals surface area contributed by atoms with Crippen LogP contribution in [-0.2, 0) is 4.79 Å². The van der Waals surface area contributed by atoms with Gasteiger partial charge in [0, 0.05) is 6.42 Å². The van der Waals surface area contributed by atoms with E-state index in [1.165, 1.54) is 0 Å². The number of aldehydes is 1. The first-order valence-electron chi connectivity index (χ1n) is 2.63. The number of carbonyl (C=O) groups excluding carboxylic acids is 1. The number of hydrogen-bond donors (Lipinski definition) is 0. The first kappa shape index (κ1) is 7.15. The van der Waals surface area contributed by atoms with E-state index in [0.29, 0.717) is 6.42 Å². The maximum Gasteiger partial charge on any atom is 0.120 e. The van der Waals surface area contributed by atoms with Crippen molar-refractivity contribution in [3.05, 3.63) is 24.8 Å². The second-order valence-corrected chi connectivity index (χ2v) is 1.41. The van der Waals surface area contributed by atoms with Crippen LogP contribution in [0.3, 0.4) is 0 Å². The molecule has 0 rings (SSSR count). The highest BCUT2D eigenvalue weighted by molar-refractivity contribution is 5.49. The summed E-state index contributed by atoms with van der Waals surface area (Å²) in [5.41, 5.74) is 0. The zero-order valence-corrected chi connectivity index (χ0v) is 4.84. The molecule has 0 fully saturated rings. The Hall–Kier alpha value is -0.850. The van der Waals surface area contributed by atoms with Gasteiger partial charge >= 0.3 is 0 Å². The molecule has 0 spiro atoms. The Labute approximate surface area is 49.7 Å². The molecule has 0 aliphatic rings. The van der Waals surface area contributed by atoms with Gasteiger partial charge < -0.3 is 4.79 Å². The van der Waals surface area contributed by atoms with Crippen molar-refractivity contribution in [2.45, 2.75) is 12.8 Å². The van der Waals surface area contributed by atoms with Crippen molar-refractivity contribution in [2.24, 2.45) is 0 Å². The highest BCUT2D eigenvalue weighted by Crippen LogP contribution is 1.85. The quantitative estimate of drug-likeness (QED) is 0.306. The third-order valence-corrected chi connectivity index (χ3v) is 0.723. The molecule has 0 amide bonds. The van der Waals surface area contributed by atoms with E-state index in [9.17, 15) is 4.79 Å². The Morgan fingerprint density at radius 1 is 1.38 bits per heavy atom. The lowest BCUT2D eigenvalue weighted by Crippen LogP contribution is -1.68. The van der Waals surface area contributed by atoms with Gasteiger partial charge in [-0.25, -0.2) is 0 Å². The van der Waals surface area contributed by atoms with Gasteiger partial charge in [0.05, 0.1) is 0 Å². The normalized spacial score (nSPS) is 9.50. The minimum atomic E-state index is 0.615. The van der Waals surface area contributed by atoms with Crippen LogP contribution in [0, 0.1) is 0 Å². The van der Waals surface area contributed by atoms with Crippen molar-refractivity contribution in [3.8, 4) is 0 Å². The molecule has 1 heteroatoms. The third kappa shape index (κ3) is 5.15. The van der Waals surface area contributed by atoms with E-state index in [4.69, 9.17) is 0 Å². The van der Waals surface area contributed by atoms with E-state index >= 15 is 0 Å². The van der Waals surface area contributed by atoms with Gasteiger partial charge in [-0.05, 0) is 6.42 Å². The average molecular weight is 110 g/mol. The van der Waals surface area contributed by atoms with E-state index in [1.807, 2.05) is 12.2 Å². The lowest BCUT2D eigenvalue weighted by molar-refractivity contribution is -0.107. The maximum atomic E-state index is 9.71. The number of hydrogen-bond acceptors (Lipinski definition) is 1. The molecule has 1 nitrogen and oxygen atoms in total. The zero-order valence-electron chi connectivity index (χ0n) is 4.84. The number of unbranched alkanes of at least 4 members (excludes halogenated alkanes) is 1. The summed E-state index contributed by atoms with van der Waals surface area (Å²) in [5.74, 6) is 0. The molecule has 0 aromatic heterocycles. The van der Waals surface area contributed by atoms with Crippen LogP contribution < -0.4 is 0 Å². The van der Waals surface area contributed by atoms with Crippen LogP contribution in [0.1, 0.15) is 12.8 Å². The van der Waals surface area contributed by atoms with Crippen LogP contribution >= 0.6 is 0 Å². The SMILES string of the molecule is C=CC=CCCC=O. The first-order chi connectivity index (χ1) is 3.91. The van der Waals surface area contributed by atoms with Crippen molar-refractivity contribution in [2.75, 3.05) is 0 Å². The molecule has 0 unspecified atom stereocenters. The Balaban J connectivity index is 3.02. The molecular weight excluding hydrogens is 100 g/mol. The van der Waals surface area contributed by atoms with Gasteiger partial charge in [-0.2, -0.15) is 0 Å². The predicted molar refractivity (Wildman–Crippen MR) is 34.6 cm³/mol. The zero-order chi connectivity index (χ0) is 6.24. The average Bonchev–Trinajstić information content (AvgIpc) is 1.81. The third-order valence-electron chi connectivity index (χ3n) is 0.723. The molecule has 0 aliphatic carbocycles. The molecule has 0 saturated carbocycles. The molecule has 0 atom stereocenters. The molecule has 0 aromatic rings. The Kier molecular flexibility index (Phi) is 5.50. The van der Waals surface area contributed by atoms with Gasteiger partial charge in [-0.3, -0.25) is 0 Å². The number of carbonyl (C=O) groups is 1. The van der Waals surface area contributed by atoms with Crippen LogP contribution in [0.15, 0.2) is 24.8 Å². The number of rotatable bonds is 4. The highest BCUT2D eigenvalue weighted by Gasteiger charge is 1.73. The molecule has 0 N–H and O–H groups in total. The van der Waals surface area contributed by atoms with Crippen molar-refractivity contribution >= 4 is 6.29 Å². The standard InChI is InChI=1S/C7H10O/c1-2-3-4-5-6-7-8/h2-4,7H,1,5-6H2. The van der Waals surface area contributed by atoms with Gasteiger partial charge in [-0.1, -0.05) is 24.8 Å². The summed E-state index contributed by atoms with van der Waals surface area (Å²) < 4.78 is 0. The van der Waals surface area contributed by atoms with Crippen molar-refractivity contribution in [1.82, 2.24) is 0 Å². The lowest BCUT2D eigenvalue weighted by atomic mass is 10.3. The molecule has 44 valence electrons. The van der Waals surface area contributed by atoms with E-state index in [0.717, 1.165) is 12.7 Å². The summed E-state index contributed by atoms with van der Waals surface area (Å²) in [4.78, 5) is 9.71. The van der Waals surface area contributed by atoms with Gasteiger partial charge in [0.25, 0.3) is 0 Å². The second kappa shape index (κ2) is 6.15. The summed E-state index contributed by atoms with van der Waals surface area (Å²) >= 11 is 0. The van der Waals surface area contributed by atoms with Gasteiger partial charge in [0.1, 0.15) is 6.29 Å². The minimum absolute atomic E-state index is 0.615. The number of allylic oxidation sites excluding steroid dienone is 3. The molecule has 0 radical (unpaired) electrons. The molecule has 0 bridgehead atoms. The minimum Gasteiger partial charge on any atom is -0.303 e. The summed E-state index contributed by atoms with van der Waals surface area (Å²) in [6.45, 7) is 3.48. The van der Waals surface area contributed by atoms with Gasteiger partial charge in [0.2, 0.25) is 0 Å².